The summed E-state index contributed by atoms with van der Waals surface area (Å²) in [6.07, 6.45) is 4.51. The molecule has 84 valence electrons. The fourth-order valence-electron chi connectivity index (χ4n) is 2.17. The third kappa shape index (κ3) is 2.12. The molecule has 5 nitrogen and oxygen atoms in total. The molecule has 1 N–H and O–H groups in total. The van der Waals surface area contributed by atoms with Gasteiger partial charge in [0.05, 0.1) is 0 Å². The molecule has 2 fully saturated rings. The van der Waals surface area contributed by atoms with Crippen molar-refractivity contribution >= 4 is 11.9 Å². The maximum atomic E-state index is 11.7. The number of aliphatic carboxylic acids is 1. The van der Waals surface area contributed by atoms with Crippen molar-refractivity contribution in [1.82, 2.24) is 10.0 Å². The summed E-state index contributed by atoms with van der Waals surface area (Å²) in [5.41, 5.74) is 0. The third-order valence-electron chi connectivity index (χ3n) is 3.11. The first-order chi connectivity index (χ1) is 7.18. The molecule has 15 heavy (non-hydrogen) atoms. The zero-order valence-corrected chi connectivity index (χ0v) is 8.69. The minimum Gasteiger partial charge on any atom is -0.480 e. The highest BCUT2D eigenvalue weighted by atomic mass is 16.4. The monoisotopic (exact) mass is 212 g/mol. The first-order valence-corrected chi connectivity index (χ1v) is 5.47. The minimum atomic E-state index is -0.867. The Morgan fingerprint density at radius 3 is 2.67 bits per heavy atom. The average molecular weight is 212 g/mol. The van der Waals surface area contributed by atoms with Gasteiger partial charge in [0.25, 0.3) is 0 Å². The number of amides is 1. The Morgan fingerprint density at radius 1 is 1.40 bits per heavy atom. The normalized spacial score (nSPS) is 24.0. The van der Waals surface area contributed by atoms with Crippen LogP contribution in [0.3, 0.4) is 0 Å². The fraction of sp³-hybridized carbons (Fsp3) is 0.800. The smallest absolute Gasteiger partial charge is 0.319 e. The molecular formula is C10H16N2O3. The van der Waals surface area contributed by atoms with Crippen LogP contribution in [0.25, 0.3) is 0 Å². The predicted octanol–water partition coefficient (Wildman–Crippen LogP) is 0.463. The van der Waals surface area contributed by atoms with Crippen LogP contribution in [0.15, 0.2) is 0 Å². The molecule has 2 aliphatic rings. The van der Waals surface area contributed by atoms with E-state index in [4.69, 9.17) is 5.11 Å². The molecule has 0 radical (unpaired) electrons. The quantitative estimate of drug-likeness (QED) is 0.738. The number of carbonyl (C=O) groups is 2. The summed E-state index contributed by atoms with van der Waals surface area (Å²) in [4.78, 5) is 22.4. The molecule has 1 aliphatic heterocycles. The van der Waals surface area contributed by atoms with Gasteiger partial charge in [-0.3, -0.25) is 14.6 Å². The molecule has 1 aliphatic carbocycles. The van der Waals surface area contributed by atoms with Gasteiger partial charge >= 0.3 is 5.97 Å². The summed E-state index contributed by atoms with van der Waals surface area (Å²) >= 11 is 0. The van der Waals surface area contributed by atoms with E-state index < -0.39 is 5.97 Å². The van der Waals surface area contributed by atoms with Crippen LogP contribution in [-0.2, 0) is 9.59 Å². The Bertz CT molecular complexity index is 276. The van der Waals surface area contributed by atoms with Crippen LogP contribution in [0.1, 0.15) is 32.1 Å². The van der Waals surface area contributed by atoms with Crippen molar-refractivity contribution in [2.45, 2.75) is 38.1 Å². The van der Waals surface area contributed by atoms with E-state index in [0.717, 1.165) is 25.7 Å². The molecule has 0 aromatic heterocycles. The van der Waals surface area contributed by atoms with Gasteiger partial charge in [0.15, 0.2) is 0 Å². The summed E-state index contributed by atoms with van der Waals surface area (Å²) in [5.74, 6) is -0.777. The van der Waals surface area contributed by atoms with Crippen LogP contribution < -0.4 is 0 Å². The van der Waals surface area contributed by atoms with Gasteiger partial charge in [-0.2, -0.15) is 0 Å². The Morgan fingerprint density at radius 2 is 2.13 bits per heavy atom. The van der Waals surface area contributed by atoms with E-state index in [1.54, 1.807) is 10.0 Å². The van der Waals surface area contributed by atoms with E-state index in [2.05, 4.69) is 0 Å². The van der Waals surface area contributed by atoms with Gasteiger partial charge in [0.2, 0.25) is 5.91 Å². The maximum absolute atomic E-state index is 11.7. The van der Waals surface area contributed by atoms with Crippen molar-refractivity contribution in [3.63, 3.8) is 0 Å². The molecule has 0 aromatic carbocycles. The highest BCUT2D eigenvalue weighted by molar-refractivity contribution is 5.77. The number of carboxylic acids is 1. The third-order valence-corrected chi connectivity index (χ3v) is 3.11. The first-order valence-electron chi connectivity index (χ1n) is 5.47. The van der Waals surface area contributed by atoms with Gasteiger partial charge in [0, 0.05) is 19.0 Å². The topological polar surface area (TPSA) is 60.9 Å². The van der Waals surface area contributed by atoms with Gasteiger partial charge in [-0.15, -0.1) is 0 Å². The molecule has 5 heteroatoms. The van der Waals surface area contributed by atoms with E-state index in [-0.39, 0.29) is 18.5 Å². The van der Waals surface area contributed by atoms with Crippen LogP contribution in [-0.4, -0.2) is 46.1 Å². The second-order valence-corrected chi connectivity index (χ2v) is 4.21. The van der Waals surface area contributed by atoms with E-state index >= 15 is 0 Å². The minimum absolute atomic E-state index is 0.0533. The molecular weight excluding hydrogens is 196 g/mol. The molecule has 0 bridgehead atoms. The van der Waals surface area contributed by atoms with E-state index in [0.29, 0.717) is 13.0 Å². The highest BCUT2D eigenvalue weighted by Gasteiger charge is 2.35. The number of nitrogens with zero attached hydrogens (tertiary/aromatic N) is 2. The lowest BCUT2D eigenvalue weighted by molar-refractivity contribution is -0.172. The number of carboxylic acid groups (broad SMARTS) is 1. The first kappa shape index (κ1) is 10.4. The molecule has 0 unspecified atom stereocenters. The number of rotatable bonds is 3. The lowest BCUT2D eigenvalue weighted by Crippen LogP contribution is -2.58. The molecule has 2 rings (SSSR count). The number of hydrazine groups is 1. The molecule has 0 spiro atoms. The zero-order valence-electron chi connectivity index (χ0n) is 8.69. The van der Waals surface area contributed by atoms with Crippen molar-refractivity contribution in [2.24, 2.45) is 0 Å². The summed E-state index contributed by atoms with van der Waals surface area (Å²) < 4.78 is 0. The largest absolute Gasteiger partial charge is 0.480 e. The molecule has 0 atom stereocenters. The number of hydrogen-bond acceptors (Lipinski definition) is 3. The van der Waals surface area contributed by atoms with Crippen molar-refractivity contribution in [3.8, 4) is 0 Å². The Hall–Kier alpha value is -1.10. The van der Waals surface area contributed by atoms with Crippen molar-refractivity contribution in [1.29, 1.82) is 0 Å². The van der Waals surface area contributed by atoms with Crippen molar-refractivity contribution in [3.05, 3.63) is 0 Å². The molecule has 1 saturated carbocycles. The van der Waals surface area contributed by atoms with Gasteiger partial charge in [0.1, 0.15) is 6.54 Å². The predicted molar refractivity (Wildman–Crippen MR) is 52.9 cm³/mol. The maximum Gasteiger partial charge on any atom is 0.319 e. The zero-order chi connectivity index (χ0) is 10.8. The second-order valence-electron chi connectivity index (χ2n) is 4.21. The molecule has 1 amide bonds. The second kappa shape index (κ2) is 4.18. The van der Waals surface area contributed by atoms with Gasteiger partial charge < -0.3 is 5.11 Å². The van der Waals surface area contributed by atoms with Crippen LogP contribution in [0, 0.1) is 0 Å². The number of hydrogen-bond donors (Lipinski definition) is 1. The van der Waals surface area contributed by atoms with Gasteiger partial charge in [-0.05, 0) is 25.7 Å². The lowest BCUT2D eigenvalue weighted by atomic mass is 9.91. The van der Waals surface area contributed by atoms with Gasteiger partial charge in [-0.25, -0.2) is 5.01 Å². The fourth-order valence-corrected chi connectivity index (χ4v) is 2.17. The van der Waals surface area contributed by atoms with Crippen LogP contribution in [0.2, 0.25) is 0 Å². The van der Waals surface area contributed by atoms with Crippen LogP contribution >= 0.6 is 0 Å². The van der Waals surface area contributed by atoms with E-state index in [9.17, 15) is 9.59 Å². The Kier molecular flexibility index (Phi) is 2.90. The van der Waals surface area contributed by atoms with Crippen molar-refractivity contribution < 1.29 is 14.7 Å². The van der Waals surface area contributed by atoms with Crippen molar-refractivity contribution in [2.75, 3.05) is 13.1 Å². The highest BCUT2D eigenvalue weighted by Crippen LogP contribution is 2.28. The summed E-state index contributed by atoms with van der Waals surface area (Å²) in [5, 5.41) is 12.2. The summed E-state index contributed by atoms with van der Waals surface area (Å²) in [6.45, 7) is 0.636. The lowest BCUT2D eigenvalue weighted by Gasteiger charge is -2.46. The van der Waals surface area contributed by atoms with Crippen LogP contribution in [0.5, 0.6) is 0 Å². The molecule has 0 aromatic rings. The van der Waals surface area contributed by atoms with E-state index in [1.807, 2.05) is 0 Å². The summed E-state index contributed by atoms with van der Waals surface area (Å²) in [7, 11) is 0. The van der Waals surface area contributed by atoms with E-state index in [1.165, 1.54) is 0 Å². The van der Waals surface area contributed by atoms with Crippen LogP contribution in [0.4, 0.5) is 0 Å². The molecule has 1 saturated heterocycles. The number of carbonyl (C=O) groups excluding carboxylic acids is 1. The average Bonchev–Trinajstić information content (AvgIpc) is 2.06. The van der Waals surface area contributed by atoms with Gasteiger partial charge in [-0.1, -0.05) is 0 Å². The SMILES string of the molecule is O=C(O)CN1CCCC(=O)N1C1CCC1. The molecule has 1 heterocycles. The Labute approximate surface area is 88.6 Å². The Balaban J connectivity index is 2.04. The summed E-state index contributed by atoms with van der Waals surface area (Å²) in [6, 6.07) is 0.261. The standard InChI is InChI=1S/C10H16N2O3/c13-9-5-2-6-11(7-10(14)15)12(9)8-3-1-4-8/h8H,1-7H2,(H,14,15).